The van der Waals surface area contributed by atoms with Gasteiger partial charge >= 0.3 is 0 Å². The molecular weight excluding hydrogens is 1070 g/mol. The summed E-state index contributed by atoms with van der Waals surface area (Å²) in [6.45, 7) is 24.0. The minimum Gasteiger partial charge on any atom is -0.486 e. The molecule has 0 saturated heterocycles. The number of pyridine rings is 1. The number of furan rings is 1. The third-order valence-electron chi connectivity index (χ3n) is 13.4. The van der Waals surface area contributed by atoms with E-state index in [4.69, 9.17) is 22.6 Å². The third-order valence-corrected chi connectivity index (χ3v) is 13.4. The van der Waals surface area contributed by atoms with Crippen molar-refractivity contribution in [2.24, 2.45) is 0 Å². The van der Waals surface area contributed by atoms with Gasteiger partial charge in [-0.05, 0) is 111 Å². The fraction of sp³-hybridized carbons (Fsp3) is 0.303. The van der Waals surface area contributed by atoms with Gasteiger partial charge in [0.1, 0.15) is 0 Å². The summed E-state index contributed by atoms with van der Waals surface area (Å²) in [4.78, 5) is 19.2. The summed E-state index contributed by atoms with van der Waals surface area (Å²) in [5.41, 5.74) is 15.0. The first kappa shape index (κ1) is 45.1. The maximum Gasteiger partial charge on any atom is 0.216 e. The molecule has 73 heavy (non-hydrogen) atoms. The molecule has 0 bridgehead atoms. The molecular formula is C66H69IrN5O-2. The van der Waals surface area contributed by atoms with E-state index < -0.39 is 13.7 Å². The monoisotopic (exact) mass is 1150 g/mol. The number of hydrogen-bond acceptors (Lipinski definition) is 5. The zero-order chi connectivity index (χ0) is 56.4. The fourth-order valence-electron chi connectivity index (χ4n) is 9.18. The number of aromatic nitrogens is 5. The average molecular weight is 1150 g/mol. The summed E-state index contributed by atoms with van der Waals surface area (Å²) in [6, 6.07) is 48.6. The molecule has 10 aromatic rings. The van der Waals surface area contributed by atoms with Crippen LogP contribution in [-0.4, -0.2) is 24.5 Å². The Morgan fingerprint density at radius 1 is 0.616 bits per heavy atom. The minimum absolute atomic E-state index is 0. The van der Waals surface area contributed by atoms with Crippen LogP contribution in [0.1, 0.15) is 149 Å². The van der Waals surface area contributed by atoms with E-state index in [1.54, 1.807) is 24.4 Å². The van der Waals surface area contributed by atoms with Gasteiger partial charge in [-0.25, -0.2) is 4.98 Å². The van der Waals surface area contributed by atoms with Gasteiger partial charge in [-0.15, -0.1) is 53.1 Å². The quantitative estimate of drug-likeness (QED) is 0.149. The van der Waals surface area contributed by atoms with E-state index >= 15 is 0 Å². The molecule has 0 fully saturated rings. The number of rotatable bonds is 7. The molecule has 0 aliphatic carbocycles. The average Bonchev–Trinajstić information content (AvgIpc) is 3.93. The molecule has 0 amide bonds. The second-order valence-corrected chi connectivity index (χ2v) is 22.7. The first-order valence-corrected chi connectivity index (χ1v) is 25.0. The molecule has 6 aromatic carbocycles. The number of imidazole rings is 1. The van der Waals surface area contributed by atoms with Crippen molar-refractivity contribution in [1.29, 1.82) is 0 Å². The van der Waals surface area contributed by atoms with Crippen molar-refractivity contribution in [2.75, 3.05) is 0 Å². The van der Waals surface area contributed by atoms with Gasteiger partial charge < -0.3 is 8.98 Å². The molecule has 0 unspecified atom stereocenters. The molecule has 0 N–H and O–H groups in total. The predicted molar refractivity (Wildman–Crippen MR) is 301 cm³/mol. The summed E-state index contributed by atoms with van der Waals surface area (Å²) in [7, 11) is 0. The summed E-state index contributed by atoms with van der Waals surface area (Å²) in [6.07, 6.45) is 1.72. The second kappa shape index (κ2) is 20.4. The van der Waals surface area contributed by atoms with Crippen LogP contribution in [0.5, 0.6) is 0 Å². The Morgan fingerprint density at radius 2 is 1.29 bits per heavy atom. The maximum atomic E-state index is 8.62. The molecule has 4 aromatic heterocycles. The molecule has 6 nitrogen and oxygen atoms in total. The first-order chi connectivity index (χ1) is 36.5. The Balaban J connectivity index is 0.000000330. The summed E-state index contributed by atoms with van der Waals surface area (Å²) >= 11 is 0. The SMILES string of the molecule is [2H]C([2H])([2H])c1c[c-]c(-c2nc3ccccc3n2-c2c(C(C)C)cc(-c3ccccc3)cc2C(C)C)c2oc3nc(-c4cc(C(C)(C)C)cc(C(C)(C)C)c4)ccc3c12.[2H]C([2H])([2H])c1c[c-]c(-c2nccc(C(C)(C)C)n2)cc1.[Ir]. The van der Waals surface area contributed by atoms with Gasteiger partial charge in [0, 0.05) is 62.3 Å². The Kier molecular flexibility index (Phi) is 12.6. The van der Waals surface area contributed by atoms with Crippen molar-refractivity contribution < 1.29 is 32.7 Å². The van der Waals surface area contributed by atoms with Gasteiger partial charge in [-0.3, -0.25) is 15.0 Å². The van der Waals surface area contributed by atoms with E-state index in [0.29, 0.717) is 44.8 Å². The fourth-order valence-corrected chi connectivity index (χ4v) is 9.18. The molecule has 375 valence electrons. The van der Waals surface area contributed by atoms with Gasteiger partial charge in [0.15, 0.2) is 0 Å². The summed E-state index contributed by atoms with van der Waals surface area (Å²) in [5, 5.41) is 1.15. The number of fused-ring (bicyclic) bond motifs is 4. The Morgan fingerprint density at radius 3 is 1.89 bits per heavy atom. The first-order valence-electron chi connectivity index (χ1n) is 28.0. The van der Waals surface area contributed by atoms with Crippen LogP contribution in [0.15, 0.2) is 138 Å². The van der Waals surface area contributed by atoms with Crippen molar-refractivity contribution in [3.8, 4) is 50.8 Å². The molecule has 0 atom stereocenters. The van der Waals surface area contributed by atoms with E-state index in [0.717, 1.165) is 39.2 Å². The third kappa shape index (κ3) is 10.8. The number of benzene rings is 6. The molecule has 0 saturated carbocycles. The molecule has 4 heterocycles. The number of hydrogen-bond donors (Lipinski definition) is 0. The smallest absolute Gasteiger partial charge is 0.216 e. The zero-order valence-corrected chi connectivity index (χ0v) is 46.7. The van der Waals surface area contributed by atoms with Crippen LogP contribution in [0.3, 0.4) is 0 Å². The number of para-hydroxylation sites is 2. The van der Waals surface area contributed by atoms with Crippen molar-refractivity contribution in [2.45, 2.75) is 132 Å². The van der Waals surface area contributed by atoms with E-state index in [1.807, 2.05) is 42.5 Å². The topological polar surface area (TPSA) is 69.6 Å². The van der Waals surface area contributed by atoms with Gasteiger partial charge in [-0.2, -0.15) is 0 Å². The molecule has 0 spiro atoms. The van der Waals surface area contributed by atoms with Gasteiger partial charge in [0.25, 0.3) is 0 Å². The van der Waals surface area contributed by atoms with Crippen LogP contribution in [-0.2, 0) is 36.4 Å². The molecule has 0 aliphatic rings. The van der Waals surface area contributed by atoms with Crippen LogP contribution >= 0.6 is 0 Å². The molecule has 1 radical (unpaired) electrons. The summed E-state index contributed by atoms with van der Waals surface area (Å²) in [5.74, 6) is 1.55. The Hall–Kier alpha value is -6.53. The van der Waals surface area contributed by atoms with Crippen LogP contribution in [0, 0.1) is 25.8 Å². The Labute approximate surface area is 455 Å². The summed E-state index contributed by atoms with van der Waals surface area (Å²) < 4.78 is 57.0. The zero-order valence-electron chi connectivity index (χ0n) is 50.3. The Bertz CT molecular complexity index is 3770. The van der Waals surface area contributed by atoms with Crippen LogP contribution in [0.4, 0.5) is 0 Å². The van der Waals surface area contributed by atoms with Gasteiger partial charge in [-0.1, -0.05) is 163 Å². The van der Waals surface area contributed by atoms with Crippen molar-refractivity contribution in [3.63, 3.8) is 0 Å². The van der Waals surface area contributed by atoms with Crippen molar-refractivity contribution >= 4 is 33.1 Å². The molecule has 0 aliphatic heterocycles. The van der Waals surface area contributed by atoms with Crippen LogP contribution in [0.25, 0.3) is 83.9 Å². The van der Waals surface area contributed by atoms with E-state index in [-0.39, 0.29) is 59.3 Å². The van der Waals surface area contributed by atoms with Crippen molar-refractivity contribution in [1.82, 2.24) is 24.5 Å². The van der Waals surface area contributed by atoms with E-state index in [9.17, 15) is 0 Å². The van der Waals surface area contributed by atoms with Gasteiger partial charge in [0.2, 0.25) is 5.71 Å². The van der Waals surface area contributed by atoms with Gasteiger partial charge in [0.05, 0.1) is 34.0 Å². The largest absolute Gasteiger partial charge is 0.486 e. The van der Waals surface area contributed by atoms with E-state index in [2.05, 4.69) is 177 Å². The number of aryl methyl sites for hydroxylation is 2. The number of nitrogens with zero attached hydrogens (tertiary/aromatic N) is 5. The minimum atomic E-state index is -2.42. The second-order valence-electron chi connectivity index (χ2n) is 22.7. The van der Waals surface area contributed by atoms with Crippen LogP contribution < -0.4 is 0 Å². The molecule has 7 heteroatoms. The predicted octanol–water partition coefficient (Wildman–Crippen LogP) is 17.8. The standard InChI is InChI=1S/C51H52N3O.C15H17N2.Ir/c1-30(2)40-27-34(33-17-13-12-14-18-33)28-41(31(3)4)46(40)54-44-20-16-15-19-43(44)52-48(54)39-22-21-32(5)45-38-23-24-42(53-49(38)55-47(39)45)35-25-36(50(6,7)8)29-37(26-35)51(9,10)11;1-11-5-7-12(8-6-11)14-16-10-9-13(17-14)15(2,3)4;/h12-21,23-31H,1-11H3;5-7,9-10H,1-4H3;/q2*-1;/i5D3;1D3;. The van der Waals surface area contributed by atoms with E-state index in [1.165, 1.54) is 33.9 Å². The maximum absolute atomic E-state index is 8.62. The molecule has 10 rings (SSSR count). The van der Waals surface area contributed by atoms with Crippen LogP contribution in [0.2, 0.25) is 0 Å². The normalized spacial score (nSPS) is 13.7. The van der Waals surface area contributed by atoms with Crippen molar-refractivity contribution in [3.05, 3.63) is 185 Å².